The number of halogens is 1. The molecule has 1 aromatic carbocycles. The maximum Gasteiger partial charge on any atom is 0.232 e. The molecular weight excluding hydrogens is 327 g/mol. The summed E-state index contributed by atoms with van der Waals surface area (Å²) in [7, 11) is 1.92. The van der Waals surface area contributed by atoms with Gasteiger partial charge in [0.2, 0.25) is 5.91 Å². The van der Waals surface area contributed by atoms with Crippen LogP contribution in [0.1, 0.15) is 48.4 Å². The molecule has 3 atom stereocenters. The van der Waals surface area contributed by atoms with Crippen LogP contribution in [0.3, 0.4) is 0 Å². The fourth-order valence-corrected chi connectivity index (χ4v) is 4.26. The molecule has 4 heteroatoms. The van der Waals surface area contributed by atoms with Crippen molar-refractivity contribution in [2.45, 2.75) is 37.6 Å². The second kappa shape index (κ2) is 6.92. The molecule has 0 radical (unpaired) electrons. The van der Waals surface area contributed by atoms with Crippen LogP contribution in [0.2, 0.25) is 0 Å². The van der Waals surface area contributed by atoms with Crippen molar-refractivity contribution in [1.29, 1.82) is 0 Å². The van der Waals surface area contributed by atoms with E-state index in [0.717, 1.165) is 29.7 Å². The van der Waals surface area contributed by atoms with Crippen molar-refractivity contribution >= 4 is 5.91 Å². The second-order valence-electron chi connectivity index (χ2n) is 7.17. The first-order valence-electron chi connectivity index (χ1n) is 9.14. The number of hydrogen-bond acceptors (Lipinski definition) is 2. The molecule has 26 heavy (non-hydrogen) atoms. The van der Waals surface area contributed by atoms with Crippen molar-refractivity contribution < 1.29 is 9.18 Å². The lowest BCUT2D eigenvalue weighted by atomic mass is 9.78. The van der Waals surface area contributed by atoms with Crippen LogP contribution in [0, 0.1) is 23.6 Å². The Bertz CT molecular complexity index is 864. The Morgan fingerprint density at radius 2 is 1.73 bits per heavy atom. The number of hydrogen-bond donors (Lipinski definition) is 0. The largest absolute Gasteiger partial charge is 0.342 e. The number of fused-ring (bicyclic) bond motifs is 1. The number of carbonyl (C=O) groups excluding carboxylic acids is 1. The molecule has 1 saturated carbocycles. The van der Waals surface area contributed by atoms with Crippen molar-refractivity contribution in [2.75, 3.05) is 7.05 Å². The van der Waals surface area contributed by atoms with Gasteiger partial charge in [0, 0.05) is 30.4 Å². The normalized spacial score (nSPS) is 24.8. The van der Waals surface area contributed by atoms with E-state index in [9.17, 15) is 9.18 Å². The summed E-state index contributed by atoms with van der Waals surface area (Å²) in [5, 5.41) is 0. The molecule has 1 saturated heterocycles. The highest BCUT2D eigenvalue weighted by Gasteiger charge is 2.48. The monoisotopic (exact) mass is 348 g/mol. The third-order valence-corrected chi connectivity index (χ3v) is 5.62. The number of rotatable bonds is 1. The average Bonchev–Trinajstić information content (AvgIpc) is 2.93. The Morgan fingerprint density at radius 1 is 1.04 bits per heavy atom. The van der Waals surface area contributed by atoms with Crippen molar-refractivity contribution in [2.24, 2.45) is 5.92 Å². The lowest BCUT2D eigenvalue weighted by Crippen LogP contribution is -2.33. The van der Waals surface area contributed by atoms with Gasteiger partial charge in [0.05, 0.1) is 11.6 Å². The number of carbonyl (C=O) groups is 1. The SMILES string of the molecule is CN1C(=O)[C@@H](c2ccc(C#Cc3ccc(F)cc3)cn2)[C@@H]2CCCC[C@@H]21. The summed E-state index contributed by atoms with van der Waals surface area (Å²) in [4.78, 5) is 19.2. The minimum atomic E-state index is -0.270. The highest BCUT2D eigenvalue weighted by Crippen LogP contribution is 2.44. The van der Waals surface area contributed by atoms with Gasteiger partial charge < -0.3 is 4.90 Å². The van der Waals surface area contributed by atoms with E-state index in [4.69, 9.17) is 0 Å². The second-order valence-corrected chi connectivity index (χ2v) is 7.17. The van der Waals surface area contributed by atoms with Crippen molar-refractivity contribution in [3.05, 3.63) is 65.2 Å². The van der Waals surface area contributed by atoms with Gasteiger partial charge in [0.15, 0.2) is 0 Å². The molecule has 1 aliphatic heterocycles. The fraction of sp³-hybridized carbons (Fsp3) is 0.364. The molecule has 1 amide bonds. The Hall–Kier alpha value is -2.67. The zero-order chi connectivity index (χ0) is 18.1. The first kappa shape index (κ1) is 16.8. The Balaban J connectivity index is 1.54. The standard InChI is InChI=1S/C22H21FN2O/c1-25-20-5-3-2-4-18(20)21(22(25)26)19-13-10-16(14-24-19)7-6-15-8-11-17(23)12-9-15/h8-14,18,20-21H,2-5H2,1H3/t18-,20+,21-/m1/s1. The summed E-state index contributed by atoms with van der Waals surface area (Å²) in [5.41, 5.74) is 2.40. The zero-order valence-corrected chi connectivity index (χ0v) is 14.8. The van der Waals surface area contributed by atoms with Gasteiger partial charge in [-0.15, -0.1) is 0 Å². The predicted octanol–water partition coefficient (Wildman–Crippen LogP) is 3.73. The van der Waals surface area contributed by atoms with E-state index in [-0.39, 0.29) is 17.6 Å². The molecule has 132 valence electrons. The molecule has 0 bridgehead atoms. The molecule has 3 nitrogen and oxygen atoms in total. The van der Waals surface area contributed by atoms with Crippen molar-refractivity contribution in [3.8, 4) is 11.8 Å². The van der Waals surface area contributed by atoms with E-state index in [1.807, 2.05) is 24.1 Å². The molecular formula is C22H21FN2O. The summed E-state index contributed by atoms with van der Waals surface area (Å²) in [6, 6.07) is 10.3. The van der Waals surface area contributed by atoms with Gasteiger partial charge in [-0.1, -0.05) is 24.7 Å². The lowest BCUT2D eigenvalue weighted by molar-refractivity contribution is -0.128. The molecule has 2 fully saturated rings. The van der Waals surface area contributed by atoms with Crippen LogP contribution in [0.4, 0.5) is 4.39 Å². The van der Waals surface area contributed by atoms with Crippen LogP contribution in [-0.2, 0) is 4.79 Å². The van der Waals surface area contributed by atoms with E-state index in [0.29, 0.717) is 12.0 Å². The summed E-state index contributed by atoms with van der Waals surface area (Å²) in [6.07, 6.45) is 6.33. The maximum atomic E-state index is 12.9. The van der Waals surface area contributed by atoms with Crippen LogP contribution in [0.5, 0.6) is 0 Å². The number of amides is 1. The number of pyridine rings is 1. The Morgan fingerprint density at radius 3 is 2.46 bits per heavy atom. The third-order valence-electron chi connectivity index (χ3n) is 5.62. The predicted molar refractivity (Wildman–Crippen MR) is 97.9 cm³/mol. The van der Waals surface area contributed by atoms with Gasteiger partial charge in [0.25, 0.3) is 0 Å². The van der Waals surface area contributed by atoms with Gasteiger partial charge in [0.1, 0.15) is 5.82 Å². The number of likely N-dealkylation sites (N-methyl/N-ethyl adjacent to an activating group) is 1. The van der Waals surface area contributed by atoms with Gasteiger partial charge in [-0.25, -0.2) is 4.39 Å². The average molecular weight is 348 g/mol. The molecule has 1 aliphatic carbocycles. The first-order valence-corrected chi connectivity index (χ1v) is 9.14. The molecule has 4 rings (SSSR count). The number of likely N-dealkylation sites (tertiary alicyclic amines) is 1. The van der Waals surface area contributed by atoms with Crippen LogP contribution in [0.15, 0.2) is 42.6 Å². The molecule has 0 N–H and O–H groups in total. The van der Waals surface area contributed by atoms with Crippen LogP contribution in [0.25, 0.3) is 0 Å². The summed E-state index contributed by atoms with van der Waals surface area (Å²) >= 11 is 0. The number of benzene rings is 1. The summed E-state index contributed by atoms with van der Waals surface area (Å²) < 4.78 is 12.9. The highest BCUT2D eigenvalue weighted by atomic mass is 19.1. The third kappa shape index (κ3) is 3.10. The molecule has 2 aliphatic rings. The smallest absolute Gasteiger partial charge is 0.232 e. The molecule has 2 aromatic rings. The topological polar surface area (TPSA) is 33.2 Å². The van der Waals surface area contributed by atoms with E-state index in [2.05, 4.69) is 16.8 Å². The molecule has 0 unspecified atom stereocenters. The minimum Gasteiger partial charge on any atom is -0.342 e. The van der Waals surface area contributed by atoms with Gasteiger partial charge in [-0.05, 0) is 55.2 Å². The van der Waals surface area contributed by atoms with Gasteiger partial charge >= 0.3 is 0 Å². The lowest BCUT2D eigenvalue weighted by Gasteiger charge is -2.29. The minimum absolute atomic E-state index is 0.121. The van der Waals surface area contributed by atoms with Crippen LogP contribution < -0.4 is 0 Å². The van der Waals surface area contributed by atoms with Crippen LogP contribution in [-0.4, -0.2) is 28.9 Å². The molecule has 1 aromatic heterocycles. The number of aromatic nitrogens is 1. The quantitative estimate of drug-likeness (QED) is 0.736. The molecule has 2 heterocycles. The maximum absolute atomic E-state index is 12.9. The number of nitrogens with zero attached hydrogens (tertiary/aromatic N) is 2. The van der Waals surface area contributed by atoms with Gasteiger partial charge in [-0.2, -0.15) is 0 Å². The Kier molecular flexibility index (Phi) is 4.46. The summed E-state index contributed by atoms with van der Waals surface area (Å²) in [6.45, 7) is 0. The van der Waals surface area contributed by atoms with E-state index < -0.39 is 0 Å². The highest BCUT2D eigenvalue weighted by molar-refractivity contribution is 5.86. The zero-order valence-electron chi connectivity index (χ0n) is 14.8. The first-order chi connectivity index (χ1) is 12.6. The van der Waals surface area contributed by atoms with E-state index in [1.54, 1.807) is 18.3 Å². The van der Waals surface area contributed by atoms with Gasteiger partial charge in [-0.3, -0.25) is 9.78 Å². The fourth-order valence-electron chi connectivity index (χ4n) is 4.26. The van der Waals surface area contributed by atoms with Crippen LogP contribution >= 0.6 is 0 Å². The molecule has 0 spiro atoms. The summed E-state index contributed by atoms with van der Waals surface area (Å²) in [5.74, 6) is 6.23. The van der Waals surface area contributed by atoms with E-state index in [1.165, 1.54) is 25.0 Å². The van der Waals surface area contributed by atoms with E-state index >= 15 is 0 Å². The van der Waals surface area contributed by atoms with Crippen molar-refractivity contribution in [1.82, 2.24) is 9.88 Å². The Labute approximate surface area is 153 Å². The van der Waals surface area contributed by atoms with Crippen molar-refractivity contribution in [3.63, 3.8) is 0 Å².